The molecule has 9 nitrogen and oxygen atoms in total. The van der Waals surface area contributed by atoms with Gasteiger partial charge < -0.3 is 13.8 Å². The van der Waals surface area contributed by atoms with Gasteiger partial charge in [0.15, 0.2) is 5.76 Å². The smallest absolute Gasteiger partial charge is 0.259 e. The molecule has 0 radical (unpaired) electrons. The number of hydrogen-bond donors (Lipinski definition) is 0. The predicted molar refractivity (Wildman–Crippen MR) is 121 cm³/mol. The minimum atomic E-state index is -3.47. The summed E-state index contributed by atoms with van der Waals surface area (Å²) in [5.74, 6) is 0.234. The third kappa shape index (κ3) is 4.14. The molecule has 170 valence electrons. The van der Waals surface area contributed by atoms with Crippen LogP contribution in [0.1, 0.15) is 21.6 Å². The highest BCUT2D eigenvalue weighted by Crippen LogP contribution is 2.28. The molecule has 33 heavy (non-hydrogen) atoms. The van der Waals surface area contributed by atoms with Crippen molar-refractivity contribution in [3.63, 3.8) is 0 Å². The summed E-state index contributed by atoms with van der Waals surface area (Å²) in [7, 11) is -3.47. The molecular weight excluding hydrogens is 444 g/mol. The average molecular weight is 467 g/mol. The van der Waals surface area contributed by atoms with Crippen LogP contribution in [-0.4, -0.2) is 59.8 Å². The number of pyridine rings is 1. The van der Waals surface area contributed by atoms with Crippen LogP contribution in [0.3, 0.4) is 0 Å². The van der Waals surface area contributed by atoms with Crippen LogP contribution in [0.2, 0.25) is 0 Å². The standard InChI is InChI=1S/C23H22N4O5S/c1-16-21-18(14-19(20-8-5-13-31-20)24-22(21)32-25-16)23(28)26-9-11-27(12-10-26)33(29,30)15-17-6-3-2-4-7-17/h2-8,13-14H,9-12,15H2,1H3. The molecule has 1 aliphatic rings. The Hall–Kier alpha value is -3.50. The Bertz CT molecular complexity index is 1390. The number of aromatic nitrogens is 2. The molecular formula is C23H22N4O5S. The Morgan fingerprint density at radius 2 is 1.82 bits per heavy atom. The number of hydrogen-bond acceptors (Lipinski definition) is 7. The summed E-state index contributed by atoms with van der Waals surface area (Å²) >= 11 is 0. The molecule has 5 rings (SSSR count). The summed E-state index contributed by atoms with van der Waals surface area (Å²) in [5, 5.41) is 4.51. The van der Waals surface area contributed by atoms with E-state index < -0.39 is 10.0 Å². The zero-order valence-corrected chi connectivity index (χ0v) is 18.8. The fourth-order valence-corrected chi connectivity index (χ4v) is 5.55. The lowest BCUT2D eigenvalue weighted by Crippen LogP contribution is -2.50. The average Bonchev–Trinajstić information content (AvgIpc) is 3.49. The number of carbonyl (C=O) groups excluding carboxylic acids is 1. The van der Waals surface area contributed by atoms with E-state index in [1.807, 2.05) is 18.2 Å². The van der Waals surface area contributed by atoms with E-state index in [1.165, 1.54) is 10.6 Å². The van der Waals surface area contributed by atoms with Crippen molar-refractivity contribution in [3.8, 4) is 11.5 Å². The van der Waals surface area contributed by atoms with E-state index in [0.717, 1.165) is 5.56 Å². The van der Waals surface area contributed by atoms with Crippen LogP contribution in [-0.2, 0) is 15.8 Å². The van der Waals surface area contributed by atoms with Gasteiger partial charge in [-0.3, -0.25) is 4.79 Å². The van der Waals surface area contributed by atoms with Crippen LogP contribution in [0.4, 0.5) is 0 Å². The third-order valence-corrected chi connectivity index (χ3v) is 7.58. The van der Waals surface area contributed by atoms with Crippen LogP contribution in [0.25, 0.3) is 22.6 Å². The van der Waals surface area contributed by atoms with Gasteiger partial charge in [0.25, 0.3) is 11.6 Å². The predicted octanol–water partition coefficient (Wildman–Crippen LogP) is 3.08. The summed E-state index contributed by atoms with van der Waals surface area (Å²) in [6.07, 6.45) is 1.53. The number of furan rings is 1. The molecule has 1 amide bonds. The van der Waals surface area contributed by atoms with Gasteiger partial charge in [0, 0.05) is 26.2 Å². The van der Waals surface area contributed by atoms with Gasteiger partial charge in [0.2, 0.25) is 10.0 Å². The molecule has 4 aromatic rings. The van der Waals surface area contributed by atoms with Gasteiger partial charge in [-0.15, -0.1) is 0 Å². The second-order valence-corrected chi connectivity index (χ2v) is 9.88. The molecule has 0 atom stereocenters. The number of amides is 1. The Labute approximate surface area is 190 Å². The number of aryl methyl sites for hydroxylation is 1. The monoisotopic (exact) mass is 466 g/mol. The maximum absolute atomic E-state index is 13.5. The number of rotatable bonds is 5. The summed E-state index contributed by atoms with van der Waals surface area (Å²) in [4.78, 5) is 19.5. The molecule has 4 heterocycles. The van der Waals surface area contributed by atoms with Crippen molar-refractivity contribution in [1.82, 2.24) is 19.3 Å². The summed E-state index contributed by atoms with van der Waals surface area (Å²) in [6, 6.07) is 14.2. The quantitative estimate of drug-likeness (QED) is 0.444. The van der Waals surface area contributed by atoms with Gasteiger partial charge in [0.1, 0.15) is 5.69 Å². The lowest BCUT2D eigenvalue weighted by molar-refractivity contribution is 0.0699. The number of sulfonamides is 1. The van der Waals surface area contributed by atoms with Crippen molar-refractivity contribution < 1.29 is 22.2 Å². The Kier molecular flexibility index (Phi) is 5.47. The lowest BCUT2D eigenvalue weighted by Gasteiger charge is -2.34. The summed E-state index contributed by atoms with van der Waals surface area (Å²) in [5.41, 5.74) is 2.44. The summed E-state index contributed by atoms with van der Waals surface area (Å²) < 4.78 is 37.9. The molecule has 3 aromatic heterocycles. The van der Waals surface area contributed by atoms with E-state index in [-0.39, 0.29) is 43.6 Å². The largest absolute Gasteiger partial charge is 0.463 e. The van der Waals surface area contributed by atoms with Crippen molar-refractivity contribution in [2.24, 2.45) is 0 Å². The van der Waals surface area contributed by atoms with Crippen molar-refractivity contribution >= 4 is 27.0 Å². The lowest BCUT2D eigenvalue weighted by atomic mass is 10.1. The second-order valence-electron chi connectivity index (χ2n) is 7.91. The SMILES string of the molecule is Cc1noc2nc(-c3ccco3)cc(C(=O)N3CCN(S(=O)(=O)Cc4ccccc4)CC3)c12. The van der Waals surface area contributed by atoms with Crippen LogP contribution in [0, 0.1) is 6.92 Å². The maximum Gasteiger partial charge on any atom is 0.259 e. The van der Waals surface area contributed by atoms with Gasteiger partial charge in [-0.05, 0) is 30.7 Å². The number of piperazine rings is 1. The van der Waals surface area contributed by atoms with E-state index in [0.29, 0.717) is 28.1 Å². The fraction of sp³-hybridized carbons (Fsp3) is 0.261. The Balaban J connectivity index is 1.37. The van der Waals surface area contributed by atoms with Crippen molar-refractivity contribution in [1.29, 1.82) is 0 Å². The first-order valence-corrected chi connectivity index (χ1v) is 12.2. The highest BCUT2D eigenvalue weighted by molar-refractivity contribution is 7.88. The molecule has 0 spiro atoms. The number of nitrogens with zero attached hydrogens (tertiary/aromatic N) is 4. The van der Waals surface area contributed by atoms with Gasteiger partial charge in [-0.2, -0.15) is 4.31 Å². The van der Waals surface area contributed by atoms with Gasteiger partial charge in [-0.1, -0.05) is 35.5 Å². The first-order chi connectivity index (χ1) is 15.9. The normalized spacial score (nSPS) is 15.2. The molecule has 0 bridgehead atoms. The zero-order chi connectivity index (χ0) is 23.0. The van der Waals surface area contributed by atoms with Crippen LogP contribution >= 0.6 is 0 Å². The van der Waals surface area contributed by atoms with Gasteiger partial charge in [-0.25, -0.2) is 13.4 Å². The van der Waals surface area contributed by atoms with Crippen molar-refractivity contribution in [2.75, 3.05) is 26.2 Å². The van der Waals surface area contributed by atoms with E-state index >= 15 is 0 Å². The molecule has 1 saturated heterocycles. The van der Waals surface area contributed by atoms with Crippen LogP contribution in [0.5, 0.6) is 0 Å². The molecule has 1 aromatic carbocycles. The first-order valence-electron chi connectivity index (χ1n) is 10.5. The van der Waals surface area contributed by atoms with Gasteiger partial charge >= 0.3 is 0 Å². The maximum atomic E-state index is 13.5. The minimum absolute atomic E-state index is 0.0564. The highest BCUT2D eigenvalue weighted by Gasteiger charge is 2.31. The third-order valence-electron chi connectivity index (χ3n) is 5.73. The number of benzene rings is 1. The number of carbonyl (C=O) groups is 1. The molecule has 0 unspecified atom stereocenters. The molecule has 1 fully saturated rings. The zero-order valence-electron chi connectivity index (χ0n) is 18.0. The Morgan fingerprint density at radius 3 is 2.52 bits per heavy atom. The first kappa shape index (κ1) is 21.4. The van der Waals surface area contributed by atoms with Crippen LogP contribution in [0.15, 0.2) is 63.7 Å². The molecule has 0 aliphatic carbocycles. The molecule has 1 aliphatic heterocycles. The Morgan fingerprint density at radius 1 is 1.06 bits per heavy atom. The van der Waals surface area contributed by atoms with E-state index in [9.17, 15) is 13.2 Å². The van der Waals surface area contributed by atoms with Crippen LogP contribution < -0.4 is 0 Å². The van der Waals surface area contributed by atoms with E-state index in [2.05, 4.69) is 10.1 Å². The molecule has 10 heteroatoms. The molecule has 0 saturated carbocycles. The highest BCUT2D eigenvalue weighted by atomic mass is 32.2. The molecule has 0 N–H and O–H groups in total. The van der Waals surface area contributed by atoms with Gasteiger partial charge in [0.05, 0.1) is 28.7 Å². The van der Waals surface area contributed by atoms with E-state index in [1.54, 1.807) is 42.2 Å². The van der Waals surface area contributed by atoms with E-state index in [4.69, 9.17) is 8.94 Å². The second kappa shape index (κ2) is 8.45. The van der Waals surface area contributed by atoms with Crippen molar-refractivity contribution in [3.05, 3.63) is 71.6 Å². The fourth-order valence-electron chi connectivity index (χ4n) is 4.03. The summed E-state index contributed by atoms with van der Waals surface area (Å²) in [6.45, 7) is 2.81. The number of fused-ring (bicyclic) bond motifs is 1. The minimum Gasteiger partial charge on any atom is -0.463 e. The van der Waals surface area contributed by atoms with Crippen molar-refractivity contribution in [2.45, 2.75) is 12.7 Å². The topological polar surface area (TPSA) is 110 Å².